The summed E-state index contributed by atoms with van der Waals surface area (Å²) in [7, 11) is 0. The minimum atomic E-state index is -0.514. The van der Waals surface area contributed by atoms with E-state index in [0.717, 1.165) is 0 Å². The number of ketones is 1. The number of ether oxygens (including phenoxy) is 1. The van der Waals surface area contributed by atoms with Crippen molar-refractivity contribution in [1.29, 1.82) is 0 Å². The Labute approximate surface area is 77.3 Å². The molecule has 1 unspecified atom stereocenters. The van der Waals surface area contributed by atoms with Crippen molar-refractivity contribution < 1.29 is 14.3 Å². The lowest BCUT2D eigenvalue weighted by Crippen LogP contribution is -2.22. The predicted octanol–water partition coefficient (Wildman–Crippen LogP) is 0.872. The first-order valence-corrected chi connectivity index (χ1v) is 3.94. The summed E-state index contributed by atoms with van der Waals surface area (Å²) in [6, 6.07) is 0. The van der Waals surface area contributed by atoms with Crippen LogP contribution in [0.15, 0.2) is 17.1 Å². The molecule has 0 aromatic heterocycles. The van der Waals surface area contributed by atoms with Crippen LogP contribution in [0.1, 0.15) is 13.8 Å². The molecular formula is C9H13NO3. The van der Waals surface area contributed by atoms with Gasteiger partial charge in [-0.3, -0.25) is 4.79 Å². The fourth-order valence-electron chi connectivity index (χ4n) is 0.743. The van der Waals surface area contributed by atoms with Gasteiger partial charge in [0.25, 0.3) is 0 Å². The fourth-order valence-corrected chi connectivity index (χ4v) is 0.743. The van der Waals surface area contributed by atoms with Crippen LogP contribution in [-0.4, -0.2) is 31.1 Å². The summed E-state index contributed by atoms with van der Waals surface area (Å²) in [5.41, 5.74) is 0.464. The van der Waals surface area contributed by atoms with Gasteiger partial charge >= 0.3 is 0 Å². The van der Waals surface area contributed by atoms with Gasteiger partial charge in [-0.25, -0.2) is 9.79 Å². The SMILES string of the molecule is C=C(C)C(=O)C(C)OCCN=C=O. The van der Waals surface area contributed by atoms with Gasteiger partial charge < -0.3 is 4.74 Å². The second-order valence-electron chi connectivity index (χ2n) is 2.63. The Bertz CT molecular complexity index is 241. The summed E-state index contributed by atoms with van der Waals surface area (Å²) in [5.74, 6) is -0.130. The maximum atomic E-state index is 11.2. The molecule has 0 aromatic carbocycles. The highest BCUT2D eigenvalue weighted by Gasteiger charge is 2.12. The highest BCUT2D eigenvalue weighted by molar-refractivity contribution is 5.97. The molecule has 13 heavy (non-hydrogen) atoms. The van der Waals surface area contributed by atoms with Crippen molar-refractivity contribution in [3.63, 3.8) is 0 Å². The van der Waals surface area contributed by atoms with Crippen LogP contribution in [0.3, 0.4) is 0 Å². The maximum Gasteiger partial charge on any atom is 0.235 e. The van der Waals surface area contributed by atoms with Gasteiger partial charge in [-0.15, -0.1) is 0 Å². The number of isocyanates is 1. The van der Waals surface area contributed by atoms with Gasteiger partial charge in [-0.05, 0) is 19.4 Å². The van der Waals surface area contributed by atoms with Crippen molar-refractivity contribution in [3.05, 3.63) is 12.2 Å². The molecule has 0 aromatic rings. The van der Waals surface area contributed by atoms with E-state index in [1.807, 2.05) is 0 Å². The lowest BCUT2D eigenvalue weighted by atomic mass is 10.1. The maximum absolute atomic E-state index is 11.2. The first-order chi connectivity index (χ1) is 6.09. The highest BCUT2D eigenvalue weighted by atomic mass is 16.5. The van der Waals surface area contributed by atoms with Crippen LogP contribution in [0.4, 0.5) is 0 Å². The van der Waals surface area contributed by atoms with Crippen LogP contribution in [0, 0.1) is 0 Å². The molecule has 4 heteroatoms. The Morgan fingerprint density at radius 2 is 2.31 bits per heavy atom. The molecule has 0 aliphatic rings. The summed E-state index contributed by atoms with van der Waals surface area (Å²) in [6.07, 6.45) is 0.871. The molecule has 0 heterocycles. The molecule has 0 saturated heterocycles. The van der Waals surface area contributed by atoms with Gasteiger partial charge in [-0.2, -0.15) is 0 Å². The number of Topliss-reactive ketones (excluding diaryl/α,β-unsaturated/α-hetero) is 1. The average Bonchev–Trinajstić information content (AvgIpc) is 2.10. The van der Waals surface area contributed by atoms with Crippen LogP contribution >= 0.6 is 0 Å². The number of carbonyl (C=O) groups excluding carboxylic acids is 2. The van der Waals surface area contributed by atoms with E-state index >= 15 is 0 Å². The molecule has 0 aliphatic carbocycles. The van der Waals surface area contributed by atoms with Crippen LogP contribution in [0.2, 0.25) is 0 Å². The highest BCUT2D eigenvalue weighted by Crippen LogP contribution is 2.00. The van der Waals surface area contributed by atoms with E-state index < -0.39 is 6.10 Å². The van der Waals surface area contributed by atoms with Crippen molar-refractivity contribution in [2.45, 2.75) is 20.0 Å². The third-order valence-corrected chi connectivity index (χ3v) is 1.43. The monoisotopic (exact) mass is 183 g/mol. The molecule has 1 atom stereocenters. The van der Waals surface area contributed by atoms with Crippen LogP contribution < -0.4 is 0 Å². The van der Waals surface area contributed by atoms with E-state index in [1.165, 1.54) is 6.08 Å². The minimum absolute atomic E-state index is 0.130. The van der Waals surface area contributed by atoms with Crippen LogP contribution in [0.5, 0.6) is 0 Å². The van der Waals surface area contributed by atoms with Crippen LogP contribution in [-0.2, 0) is 14.3 Å². The molecule has 0 fully saturated rings. The third kappa shape index (κ3) is 5.06. The second-order valence-corrected chi connectivity index (χ2v) is 2.63. The molecule has 0 spiro atoms. The second kappa shape index (κ2) is 6.29. The van der Waals surface area contributed by atoms with Gasteiger partial charge in [0.05, 0.1) is 13.2 Å². The van der Waals surface area contributed by atoms with Crippen molar-refractivity contribution in [1.82, 2.24) is 0 Å². The average molecular weight is 183 g/mol. The number of carbonyl (C=O) groups is 1. The molecule has 0 amide bonds. The number of hydrogen-bond acceptors (Lipinski definition) is 4. The van der Waals surface area contributed by atoms with Crippen molar-refractivity contribution in [2.75, 3.05) is 13.2 Å². The molecular weight excluding hydrogens is 170 g/mol. The largest absolute Gasteiger partial charge is 0.368 e. The number of aliphatic imine (C=N–C) groups is 1. The summed E-state index contributed by atoms with van der Waals surface area (Å²) in [5, 5.41) is 0. The Kier molecular flexibility index (Phi) is 5.68. The quantitative estimate of drug-likeness (QED) is 0.266. The summed E-state index contributed by atoms with van der Waals surface area (Å²) in [4.78, 5) is 24.1. The molecule has 0 radical (unpaired) electrons. The van der Waals surface area contributed by atoms with Crippen LogP contribution in [0.25, 0.3) is 0 Å². The normalized spacial score (nSPS) is 11.5. The molecule has 0 rings (SSSR count). The molecule has 0 bridgehead atoms. The first-order valence-electron chi connectivity index (χ1n) is 3.94. The van der Waals surface area contributed by atoms with E-state index in [-0.39, 0.29) is 18.9 Å². The van der Waals surface area contributed by atoms with Crippen molar-refractivity contribution in [2.24, 2.45) is 4.99 Å². The van der Waals surface area contributed by atoms with Gasteiger partial charge in [0.15, 0.2) is 5.78 Å². The van der Waals surface area contributed by atoms with Gasteiger partial charge in [-0.1, -0.05) is 6.58 Å². The third-order valence-electron chi connectivity index (χ3n) is 1.43. The smallest absolute Gasteiger partial charge is 0.235 e. The Morgan fingerprint density at radius 1 is 1.69 bits per heavy atom. The molecule has 4 nitrogen and oxygen atoms in total. The predicted molar refractivity (Wildman–Crippen MR) is 48.2 cm³/mol. The fraction of sp³-hybridized carbons (Fsp3) is 0.556. The number of rotatable bonds is 6. The lowest BCUT2D eigenvalue weighted by molar-refractivity contribution is -0.125. The Morgan fingerprint density at radius 3 is 2.77 bits per heavy atom. The van der Waals surface area contributed by atoms with Gasteiger partial charge in [0.2, 0.25) is 6.08 Å². The van der Waals surface area contributed by atoms with Gasteiger partial charge in [0.1, 0.15) is 6.10 Å². The Hall–Kier alpha value is -1.25. The van der Waals surface area contributed by atoms with E-state index in [0.29, 0.717) is 5.57 Å². The summed E-state index contributed by atoms with van der Waals surface area (Å²) < 4.78 is 5.08. The molecule has 0 saturated carbocycles. The standard InChI is InChI=1S/C9H13NO3/c1-7(2)9(12)8(3)13-5-4-10-6-11/h8H,1,4-5H2,2-3H3. The topological polar surface area (TPSA) is 55.7 Å². The zero-order valence-corrected chi connectivity index (χ0v) is 7.87. The number of nitrogens with zero attached hydrogens (tertiary/aromatic N) is 1. The van der Waals surface area contributed by atoms with E-state index in [1.54, 1.807) is 13.8 Å². The number of hydrogen-bond donors (Lipinski definition) is 0. The lowest BCUT2D eigenvalue weighted by Gasteiger charge is -2.09. The summed E-state index contributed by atoms with van der Waals surface area (Å²) >= 11 is 0. The van der Waals surface area contributed by atoms with Crippen molar-refractivity contribution >= 4 is 11.9 Å². The first kappa shape index (κ1) is 11.8. The van der Waals surface area contributed by atoms with Gasteiger partial charge in [0, 0.05) is 0 Å². The van der Waals surface area contributed by atoms with Crippen molar-refractivity contribution in [3.8, 4) is 0 Å². The zero-order chi connectivity index (χ0) is 10.3. The molecule has 72 valence electrons. The zero-order valence-electron chi connectivity index (χ0n) is 7.87. The minimum Gasteiger partial charge on any atom is -0.368 e. The van der Waals surface area contributed by atoms with E-state index in [4.69, 9.17) is 4.74 Å². The summed E-state index contributed by atoms with van der Waals surface area (Å²) in [6.45, 7) is 7.26. The Balaban J connectivity index is 3.74. The molecule has 0 aliphatic heterocycles. The molecule has 0 N–H and O–H groups in total. The van der Waals surface area contributed by atoms with E-state index in [2.05, 4.69) is 11.6 Å². The van der Waals surface area contributed by atoms with E-state index in [9.17, 15) is 9.59 Å².